The molecule has 6 rings (SSSR count). The Morgan fingerprint density at radius 1 is 1.19 bits per heavy atom. The maximum Gasteiger partial charge on any atom is 0.254 e. The number of carbonyl (C=O) groups excluding carboxylic acids is 1. The molecule has 7 heteroatoms. The van der Waals surface area contributed by atoms with Crippen LogP contribution in [0.1, 0.15) is 77.8 Å². The molecule has 0 aliphatic heterocycles. The van der Waals surface area contributed by atoms with E-state index in [1.807, 2.05) is 24.3 Å². The van der Waals surface area contributed by atoms with Crippen LogP contribution in [0.15, 0.2) is 29.6 Å². The molecule has 1 aromatic carbocycles. The van der Waals surface area contributed by atoms with Crippen molar-refractivity contribution in [2.24, 2.45) is 5.73 Å². The van der Waals surface area contributed by atoms with Crippen LogP contribution in [-0.2, 0) is 0 Å². The summed E-state index contributed by atoms with van der Waals surface area (Å²) in [4.78, 5) is 25.2. The minimum absolute atomic E-state index is 0.0930. The zero-order valence-corrected chi connectivity index (χ0v) is 19.2. The van der Waals surface area contributed by atoms with E-state index in [0.717, 1.165) is 60.3 Å². The summed E-state index contributed by atoms with van der Waals surface area (Å²) in [5, 5.41) is 3.10. The van der Waals surface area contributed by atoms with Crippen molar-refractivity contribution in [3.05, 3.63) is 58.1 Å². The smallest absolute Gasteiger partial charge is 0.254 e. The zero-order chi connectivity index (χ0) is 22.3. The van der Waals surface area contributed by atoms with E-state index >= 15 is 4.39 Å². The topological polar surface area (TPSA) is 72.1 Å². The number of hydrogen-bond acceptors (Lipinski definition) is 5. The van der Waals surface area contributed by atoms with Gasteiger partial charge in [0.15, 0.2) is 0 Å². The normalized spacial score (nSPS) is 30.8. The molecule has 2 unspecified atom stereocenters. The predicted octanol–water partition coefficient (Wildman–Crippen LogP) is 4.90. The zero-order valence-electron chi connectivity index (χ0n) is 18.4. The SMILES string of the molecule is Cc1nc(C2CC2c2ccc(C(=O)N(C)C34CCC(N)(CC3)C4)cc2F)c2ccsc2n1. The maximum atomic E-state index is 15.2. The van der Waals surface area contributed by atoms with Crippen LogP contribution in [-0.4, -0.2) is 38.9 Å². The van der Waals surface area contributed by atoms with Gasteiger partial charge in [-0.3, -0.25) is 4.79 Å². The van der Waals surface area contributed by atoms with E-state index in [4.69, 9.17) is 5.73 Å². The molecule has 3 fully saturated rings. The number of nitrogens with two attached hydrogens (primary N) is 1. The molecule has 3 aliphatic carbocycles. The highest BCUT2D eigenvalue weighted by molar-refractivity contribution is 7.16. The number of nitrogens with zero attached hydrogens (tertiary/aromatic N) is 3. The van der Waals surface area contributed by atoms with E-state index in [9.17, 15) is 4.79 Å². The Kier molecular flexibility index (Phi) is 4.31. The average molecular weight is 451 g/mol. The van der Waals surface area contributed by atoms with Crippen molar-refractivity contribution in [1.82, 2.24) is 14.9 Å². The first-order chi connectivity index (χ1) is 15.3. The van der Waals surface area contributed by atoms with E-state index in [1.165, 1.54) is 6.07 Å². The number of benzene rings is 1. The third-order valence-corrected chi connectivity index (χ3v) is 8.94. The van der Waals surface area contributed by atoms with Gasteiger partial charge in [-0.15, -0.1) is 11.3 Å². The standard InChI is InChI=1S/C25H27FN4OS/c1-14-28-21(17-5-10-32-22(17)29-14)19-12-18(19)16-4-3-15(11-20(16)26)23(31)30(2)25-8-6-24(27,13-25)7-9-25/h3-5,10-11,18-19H,6-9,12-13,27H2,1-2H3. The van der Waals surface area contributed by atoms with Crippen LogP contribution in [0.4, 0.5) is 4.39 Å². The lowest BCUT2D eigenvalue weighted by Gasteiger charge is -2.37. The van der Waals surface area contributed by atoms with Crippen molar-refractivity contribution in [2.75, 3.05) is 7.05 Å². The number of thiophene rings is 1. The Morgan fingerprint density at radius 3 is 2.66 bits per heavy atom. The van der Waals surface area contributed by atoms with E-state index in [1.54, 1.807) is 23.5 Å². The number of halogens is 1. The van der Waals surface area contributed by atoms with Crippen molar-refractivity contribution in [3.63, 3.8) is 0 Å². The number of hydrogen-bond donors (Lipinski definition) is 1. The second kappa shape index (κ2) is 6.81. The van der Waals surface area contributed by atoms with Crippen molar-refractivity contribution >= 4 is 27.5 Å². The van der Waals surface area contributed by atoms with Crippen LogP contribution in [0, 0.1) is 12.7 Å². The van der Waals surface area contributed by atoms with Crippen molar-refractivity contribution in [3.8, 4) is 0 Å². The summed E-state index contributed by atoms with van der Waals surface area (Å²) in [5.41, 5.74) is 8.25. The van der Waals surface area contributed by atoms with Crippen LogP contribution in [0.5, 0.6) is 0 Å². The van der Waals surface area contributed by atoms with E-state index in [0.29, 0.717) is 11.1 Å². The highest BCUT2D eigenvalue weighted by Crippen LogP contribution is 2.56. The summed E-state index contributed by atoms with van der Waals surface area (Å²) < 4.78 is 15.2. The minimum atomic E-state index is -0.299. The average Bonchev–Trinajstić information content (AvgIpc) is 3.09. The molecule has 0 radical (unpaired) electrons. The first-order valence-corrected chi connectivity index (χ1v) is 12.2. The molecule has 2 aromatic heterocycles. The number of rotatable bonds is 4. The van der Waals surface area contributed by atoms with Gasteiger partial charge in [0.25, 0.3) is 5.91 Å². The molecule has 0 spiro atoms. The van der Waals surface area contributed by atoms with E-state index in [-0.39, 0.29) is 34.6 Å². The molecule has 3 aliphatic rings. The lowest BCUT2D eigenvalue weighted by Crippen LogP contribution is -2.46. The summed E-state index contributed by atoms with van der Waals surface area (Å²) >= 11 is 1.61. The Balaban J connectivity index is 1.24. The van der Waals surface area contributed by atoms with Gasteiger partial charge in [-0.05, 0) is 80.5 Å². The van der Waals surface area contributed by atoms with Crippen LogP contribution < -0.4 is 5.73 Å². The Hall–Kier alpha value is -2.38. The molecule has 166 valence electrons. The van der Waals surface area contributed by atoms with Crippen molar-refractivity contribution in [1.29, 1.82) is 0 Å². The lowest BCUT2D eigenvalue weighted by molar-refractivity contribution is 0.0575. The fraction of sp³-hybridized carbons (Fsp3) is 0.480. The minimum Gasteiger partial charge on any atom is -0.336 e. The summed E-state index contributed by atoms with van der Waals surface area (Å²) in [6, 6.07) is 7.06. The fourth-order valence-corrected chi connectivity index (χ4v) is 6.98. The third-order valence-electron chi connectivity index (χ3n) is 8.13. The number of aryl methyl sites for hydroxylation is 1. The molecule has 2 bridgehead atoms. The monoisotopic (exact) mass is 450 g/mol. The molecule has 3 saturated carbocycles. The summed E-state index contributed by atoms with van der Waals surface area (Å²) in [6.45, 7) is 1.90. The quantitative estimate of drug-likeness (QED) is 0.614. The van der Waals surface area contributed by atoms with Crippen molar-refractivity contribution < 1.29 is 9.18 Å². The molecular weight excluding hydrogens is 423 g/mol. The van der Waals surface area contributed by atoms with Gasteiger partial charge in [-0.1, -0.05) is 6.07 Å². The van der Waals surface area contributed by atoms with Crippen LogP contribution in [0.2, 0.25) is 0 Å². The molecule has 5 nitrogen and oxygen atoms in total. The Labute approximate surface area is 190 Å². The molecular formula is C25H27FN4OS. The second-order valence-electron chi connectivity index (χ2n) is 10.1. The first kappa shape index (κ1) is 20.2. The molecule has 0 saturated heterocycles. The molecule has 2 N–H and O–H groups in total. The Morgan fingerprint density at radius 2 is 1.97 bits per heavy atom. The van der Waals surface area contributed by atoms with Gasteiger partial charge < -0.3 is 10.6 Å². The van der Waals surface area contributed by atoms with E-state index < -0.39 is 0 Å². The van der Waals surface area contributed by atoms with Crippen LogP contribution in [0.25, 0.3) is 10.2 Å². The van der Waals surface area contributed by atoms with Crippen LogP contribution in [0.3, 0.4) is 0 Å². The molecule has 2 heterocycles. The van der Waals surface area contributed by atoms with Gasteiger partial charge in [0, 0.05) is 35.0 Å². The Bertz CT molecular complexity index is 1250. The highest BCUT2D eigenvalue weighted by Gasteiger charge is 2.55. The second-order valence-corrected chi connectivity index (χ2v) is 11.0. The largest absolute Gasteiger partial charge is 0.336 e. The lowest BCUT2D eigenvalue weighted by atomic mass is 9.90. The predicted molar refractivity (Wildman–Crippen MR) is 123 cm³/mol. The number of carbonyl (C=O) groups is 1. The van der Waals surface area contributed by atoms with Gasteiger partial charge in [0.2, 0.25) is 0 Å². The maximum absolute atomic E-state index is 15.2. The van der Waals surface area contributed by atoms with Gasteiger partial charge in [-0.2, -0.15) is 0 Å². The van der Waals surface area contributed by atoms with Gasteiger partial charge in [0.05, 0.1) is 5.69 Å². The summed E-state index contributed by atoms with van der Waals surface area (Å²) in [5.74, 6) is 0.633. The van der Waals surface area contributed by atoms with Gasteiger partial charge >= 0.3 is 0 Å². The highest BCUT2D eigenvalue weighted by atomic mass is 32.1. The first-order valence-electron chi connectivity index (χ1n) is 11.4. The van der Waals surface area contributed by atoms with E-state index in [2.05, 4.69) is 16.0 Å². The number of fused-ring (bicyclic) bond motifs is 3. The summed E-state index contributed by atoms with van der Waals surface area (Å²) in [6.07, 6.45) is 5.51. The van der Waals surface area contributed by atoms with Gasteiger partial charge in [0.1, 0.15) is 16.5 Å². The van der Waals surface area contributed by atoms with Crippen molar-refractivity contribution in [2.45, 2.75) is 68.4 Å². The van der Waals surface area contributed by atoms with Gasteiger partial charge in [-0.25, -0.2) is 14.4 Å². The molecule has 32 heavy (non-hydrogen) atoms. The number of amides is 1. The number of aromatic nitrogens is 2. The van der Waals surface area contributed by atoms with Crippen LogP contribution >= 0.6 is 11.3 Å². The third kappa shape index (κ3) is 3.01. The fourth-order valence-electron chi connectivity index (χ4n) is 6.16. The molecule has 2 atom stereocenters. The molecule has 3 aromatic rings. The molecule has 1 amide bonds. The summed E-state index contributed by atoms with van der Waals surface area (Å²) in [7, 11) is 1.85.